The summed E-state index contributed by atoms with van der Waals surface area (Å²) >= 11 is 0. The third-order valence-electron chi connectivity index (χ3n) is 4.35. The number of hydrogen-bond donors (Lipinski definition) is 1. The minimum Gasteiger partial charge on any atom is -0.354 e. The molecule has 1 N–H and O–H groups in total. The first-order valence-electron chi connectivity index (χ1n) is 8.45. The molecule has 0 saturated carbocycles. The largest absolute Gasteiger partial charge is 0.354 e. The Kier molecular flexibility index (Phi) is 5.24. The standard InChI is InChI=1S/C19H21N5O/c1-14-9-17(11-20)23-19(22-14)21-12-16-7-8-24(13-16)18(25)10-15-5-3-2-4-6-15/h2-6,9,16H,7-8,10,12-13H2,1H3,(H,21,22,23). The number of nitrogens with one attached hydrogen (secondary N) is 1. The molecule has 6 heteroatoms. The molecule has 1 atom stereocenters. The number of aryl methyl sites for hydroxylation is 1. The van der Waals surface area contributed by atoms with Gasteiger partial charge in [0.05, 0.1) is 6.42 Å². The fraction of sp³-hybridized carbons (Fsp3) is 0.368. The molecular weight excluding hydrogens is 314 g/mol. The Labute approximate surface area is 147 Å². The van der Waals surface area contributed by atoms with Gasteiger partial charge in [-0.15, -0.1) is 0 Å². The average Bonchev–Trinajstić information content (AvgIpc) is 3.09. The van der Waals surface area contributed by atoms with E-state index in [-0.39, 0.29) is 5.91 Å². The van der Waals surface area contributed by atoms with Crippen LogP contribution in [0.3, 0.4) is 0 Å². The van der Waals surface area contributed by atoms with E-state index >= 15 is 0 Å². The van der Waals surface area contributed by atoms with Crippen molar-refractivity contribution >= 4 is 11.9 Å². The quantitative estimate of drug-likeness (QED) is 0.905. The van der Waals surface area contributed by atoms with Crippen LogP contribution in [0.15, 0.2) is 36.4 Å². The summed E-state index contributed by atoms with van der Waals surface area (Å²) in [5, 5.41) is 12.2. The molecule has 1 aliphatic rings. The number of amides is 1. The van der Waals surface area contributed by atoms with Crippen molar-refractivity contribution in [2.24, 2.45) is 5.92 Å². The van der Waals surface area contributed by atoms with E-state index < -0.39 is 0 Å². The Morgan fingerprint density at radius 1 is 1.36 bits per heavy atom. The lowest BCUT2D eigenvalue weighted by atomic mass is 10.1. The first-order chi connectivity index (χ1) is 12.1. The summed E-state index contributed by atoms with van der Waals surface area (Å²) in [6, 6.07) is 13.5. The molecule has 3 rings (SSSR count). The summed E-state index contributed by atoms with van der Waals surface area (Å²) in [7, 11) is 0. The third kappa shape index (κ3) is 4.54. The second-order valence-electron chi connectivity index (χ2n) is 6.37. The van der Waals surface area contributed by atoms with Gasteiger partial charge in [0.15, 0.2) is 0 Å². The zero-order valence-corrected chi connectivity index (χ0v) is 14.3. The first-order valence-corrected chi connectivity index (χ1v) is 8.45. The number of aromatic nitrogens is 2. The maximum Gasteiger partial charge on any atom is 0.226 e. The lowest BCUT2D eigenvalue weighted by Gasteiger charge is -2.17. The molecule has 6 nitrogen and oxygen atoms in total. The van der Waals surface area contributed by atoms with Gasteiger partial charge in [0.25, 0.3) is 0 Å². The van der Waals surface area contributed by atoms with Crippen LogP contribution in [-0.2, 0) is 11.2 Å². The molecule has 1 saturated heterocycles. The van der Waals surface area contributed by atoms with E-state index in [1.54, 1.807) is 6.07 Å². The van der Waals surface area contributed by atoms with E-state index in [2.05, 4.69) is 15.3 Å². The van der Waals surface area contributed by atoms with E-state index in [4.69, 9.17) is 5.26 Å². The molecule has 1 unspecified atom stereocenters. The van der Waals surface area contributed by atoms with Crippen LogP contribution in [0.1, 0.15) is 23.4 Å². The Morgan fingerprint density at radius 2 is 2.16 bits per heavy atom. The van der Waals surface area contributed by atoms with Crippen molar-refractivity contribution in [3.63, 3.8) is 0 Å². The highest BCUT2D eigenvalue weighted by Gasteiger charge is 2.26. The lowest BCUT2D eigenvalue weighted by Crippen LogP contribution is -2.31. The molecule has 2 heterocycles. The number of benzene rings is 1. The highest BCUT2D eigenvalue weighted by Crippen LogP contribution is 2.18. The fourth-order valence-electron chi connectivity index (χ4n) is 3.05. The molecule has 1 aromatic heterocycles. The molecular formula is C19H21N5O. The number of carbonyl (C=O) groups is 1. The van der Waals surface area contributed by atoms with Crippen molar-refractivity contribution < 1.29 is 4.79 Å². The predicted molar refractivity (Wildman–Crippen MR) is 94.8 cm³/mol. The molecule has 1 fully saturated rings. The molecule has 0 bridgehead atoms. The van der Waals surface area contributed by atoms with Gasteiger partial charge in [0.2, 0.25) is 11.9 Å². The minimum atomic E-state index is 0.173. The van der Waals surface area contributed by atoms with Crippen LogP contribution >= 0.6 is 0 Å². The number of likely N-dealkylation sites (tertiary alicyclic amines) is 1. The van der Waals surface area contributed by atoms with Gasteiger partial charge < -0.3 is 10.2 Å². The highest BCUT2D eigenvalue weighted by atomic mass is 16.2. The second-order valence-corrected chi connectivity index (χ2v) is 6.37. The van der Waals surface area contributed by atoms with Crippen molar-refractivity contribution in [2.75, 3.05) is 25.0 Å². The number of nitrogens with zero attached hydrogens (tertiary/aromatic N) is 4. The van der Waals surface area contributed by atoms with Crippen molar-refractivity contribution in [1.29, 1.82) is 5.26 Å². The van der Waals surface area contributed by atoms with Crippen LogP contribution in [0, 0.1) is 24.2 Å². The summed E-state index contributed by atoms with van der Waals surface area (Å²) in [6.45, 7) is 4.07. The molecule has 0 radical (unpaired) electrons. The van der Waals surface area contributed by atoms with Gasteiger partial charge in [-0.25, -0.2) is 9.97 Å². The smallest absolute Gasteiger partial charge is 0.226 e. The summed E-state index contributed by atoms with van der Waals surface area (Å²) in [5.41, 5.74) is 2.17. The van der Waals surface area contributed by atoms with Crippen molar-refractivity contribution in [1.82, 2.24) is 14.9 Å². The zero-order valence-electron chi connectivity index (χ0n) is 14.3. The molecule has 1 amide bonds. The van der Waals surface area contributed by atoms with Crippen molar-refractivity contribution in [3.05, 3.63) is 53.3 Å². The Bertz CT molecular complexity index is 784. The van der Waals surface area contributed by atoms with Gasteiger partial charge in [0, 0.05) is 25.3 Å². The highest BCUT2D eigenvalue weighted by molar-refractivity contribution is 5.79. The summed E-state index contributed by atoms with van der Waals surface area (Å²) < 4.78 is 0. The number of hydrogen-bond acceptors (Lipinski definition) is 5. The number of anilines is 1. The molecule has 25 heavy (non-hydrogen) atoms. The van der Waals surface area contributed by atoms with Gasteiger partial charge in [-0.3, -0.25) is 4.79 Å². The van der Waals surface area contributed by atoms with Crippen LogP contribution in [0.2, 0.25) is 0 Å². The summed E-state index contributed by atoms with van der Waals surface area (Å²) in [4.78, 5) is 22.8. The Balaban J connectivity index is 1.51. The third-order valence-corrected chi connectivity index (χ3v) is 4.35. The maximum absolute atomic E-state index is 12.4. The van der Waals surface area contributed by atoms with Crippen LogP contribution < -0.4 is 5.32 Å². The van der Waals surface area contributed by atoms with Gasteiger partial charge in [-0.05, 0) is 30.9 Å². The monoisotopic (exact) mass is 335 g/mol. The van der Waals surface area contributed by atoms with Crippen LogP contribution in [0.25, 0.3) is 0 Å². The van der Waals surface area contributed by atoms with Crippen molar-refractivity contribution in [3.8, 4) is 6.07 Å². The number of carbonyl (C=O) groups excluding carboxylic acids is 1. The predicted octanol–water partition coefficient (Wildman–Crippen LogP) is 2.16. The molecule has 0 aliphatic carbocycles. The van der Waals surface area contributed by atoms with E-state index in [0.717, 1.165) is 30.8 Å². The maximum atomic E-state index is 12.4. The Hall–Kier alpha value is -2.94. The van der Waals surface area contributed by atoms with Gasteiger partial charge >= 0.3 is 0 Å². The van der Waals surface area contributed by atoms with E-state index in [0.29, 0.717) is 30.5 Å². The number of rotatable bonds is 5. The van der Waals surface area contributed by atoms with Crippen LogP contribution in [0.5, 0.6) is 0 Å². The van der Waals surface area contributed by atoms with E-state index in [1.807, 2.05) is 48.2 Å². The molecule has 128 valence electrons. The average molecular weight is 335 g/mol. The van der Waals surface area contributed by atoms with Crippen molar-refractivity contribution in [2.45, 2.75) is 19.8 Å². The second kappa shape index (κ2) is 7.75. The minimum absolute atomic E-state index is 0.173. The molecule has 2 aromatic rings. The normalized spacial score (nSPS) is 16.5. The van der Waals surface area contributed by atoms with Crippen LogP contribution in [0.4, 0.5) is 5.95 Å². The summed E-state index contributed by atoms with van der Waals surface area (Å²) in [5.74, 6) is 1.02. The van der Waals surface area contributed by atoms with E-state index in [9.17, 15) is 4.79 Å². The van der Waals surface area contributed by atoms with Gasteiger partial charge in [-0.1, -0.05) is 30.3 Å². The van der Waals surface area contributed by atoms with E-state index in [1.165, 1.54) is 0 Å². The number of nitriles is 1. The SMILES string of the molecule is Cc1cc(C#N)nc(NCC2CCN(C(=O)Cc3ccccc3)C2)n1. The molecule has 1 aromatic carbocycles. The topological polar surface area (TPSA) is 81.9 Å². The van der Waals surface area contributed by atoms with Crippen LogP contribution in [-0.4, -0.2) is 40.4 Å². The lowest BCUT2D eigenvalue weighted by molar-refractivity contribution is -0.129. The van der Waals surface area contributed by atoms with Gasteiger partial charge in [0.1, 0.15) is 11.8 Å². The van der Waals surface area contributed by atoms with Gasteiger partial charge in [-0.2, -0.15) is 5.26 Å². The zero-order chi connectivity index (χ0) is 17.6. The molecule has 0 spiro atoms. The molecule has 1 aliphatic heterocycles. The first kappa shape index (κ1) is 16.9. The summed E-state index contributed by atoms with van der Waals surface area (Å²) in [6.07, 6.45) is 1.41. The Morgan fingerprint density at radius 3 is 2.92 bits per heavy atom. The fourth-order valence-corrected chi connectivity index (χ4v) is 3.05.